The van der Waals surface area contributed by atoms with Crippen molar-refractivity contribution in [2.45, 2.75) is 38.5 Å². The molecule has 18 heavy (non-hydrogen) atoms. The molecule has 106 valence electrons. The van der Waals surface area contributed by atoms with Gasteiger partial charge < -0.3 is 15.5 Å². The lowest BCUT2D eigenvalue weighted by atomic mass is 10.1. The fourth-order valence-electron chi connectivity index (χ4n) is 1.93. The topological polar surface area (TPSA) is 44.4 Å². The second kappa shape index (κ2) is 6.38. The van der Waals surface area contributed by atoms with E-state index in [-0.39, 0.29) is 12.6 Å². The molecule has 1 saturated heterocycles. The van der Waals surface area contributed by atoms with Crippen molar-refractivity contribution in [3.63, 3.8) is 0 Å². The molecule has 0 aromatic heterocycles. The van der Waals surface area contributed by atoms with Gasteiger partial charge in [0.1, 0.15) is 6.54 Å². The molecule has 0 radical (unpaired) electrons. The van der Waals surface area contributed by atoms with Crippen molar-refractivity contribution in [2.75, 3.05) is 26.2 Å². The van der Waals surface area contributed by atoms with Gasteiger partial charge in [-0.3, -0.25) is 4.79 Å². The summed E-state index contributed by atoms with van der Waals surface area (Å²) in [6.07, 6.45) is -3.83. The Balaban J connectivity index is 2.59. The average molecular weight is 267 g/mol. The van der Waals surface area contributed by atoms with Gasteiger partial charge in [0.25, 0.3) is 0 Å². The molecule has 0 saturated carbocycles. The van der Waals surface area contributed by atoms with Gasteiger partial charge >= 0.3 is 6.18 Å². The van der Waals surface area contributed by atoms with Crippen LogP contribution < -0.4 is 10.6 Å². The van der Waals surface area contributed by atoms with Gasteiger partial charge in [-0.05, 0) is 13.3 Å². The number of carbonyl (C=O) groups excluding carboxylic acids is 1. The van der Waals surface area contributed by atoms with Crippen LogP contribution in [0.2, 0.25) is 0 Å². The molecule has 1 aliphatic heterocycles. The van der Waals surface area contributed by atoms with Gasteiger partial charge in [-0.25, -0.2) is 0 Å². The first kappa shape index (κ1) is 15.2. The molecule has 1 rings (SSSR count). The van der Waals surface area contributed by atoms with E-state index >= 15 is 0 Å². The number of alkyl halides is 3. The Hall–Kier alpha value is -0.820. The van der Waals surface area contributed by atoms with Crippen molar-refractivity contribution in [3.8, 4) is 0 Å². The highest BCUT2D eigenvalue weighted by atomic mass is 19.4. The lowest BCUT2D eigenvalue weighted by molar-refractivity contribution is -0.162. The molecule has 2 unspecified atom stereocenters. The number of rotatable bonds is 4. The van der Waals surface area contributed by atoms with Crippen LogP contribution in [0.15, 0.2) is 0 Å². The van der Waals surface area contributed by atoms with E-state index in [4.69, 9.17) is 0 Å². The third-order valence-electron chi connectivity index (χ3n) is 2.81. The summed E-state index contributed by atoms with van der Waals surface area (Å²) >= 11 is 0. The van der Waals surface area contributed by atoms with Crippen molar-refractivity contribution in [1.82, 2.24) is 15.5 Å². The molecule has 0 bridgehead atoms. The quantitative estimate of drug-likeness (QED) is 0.789. The number of hydrogen-bond acceptors (Lipinski definition) is 3. The van der Waals surface area contributed by atoms with Crippen molar-refractivity contribution in [1.29, 1.82) is 0 Å². The third-order valence-corrected chi connectivity index (χ3v) is 2.81. The van der Waals surface area contributed by atoms with Crippen LogP contribution in [0.3, 0.4) is 0 Å². The zero-order chi connectivity index (χ0) is 13.8. The summed E-state index contributed by atoms with van der Waals surface area (Å²) in [6.45, 7) is 3.62. The zero-order valence-electron chi connectivity index (χ0n) is 10.7. The highest BCUT2D eigenvalue weighted by Gasteiger charge is 2.35. The van der Waals surface area contributed by atoms with E-state index in [1.54, 1.807) is 6.92 Å². The van der Waals surface area contributed by atoms with E-state index in [0.29, 0.717) is 19.5 Å². The van der Waals surface area contributed by atoms with E-state index < -0.39 is 24.7 Å². The Labute approximate surface area is 105 Å². The number of nitrogens with zero attached hydrogens (tertiary/aromatic N) is 1. The number of piperazine rings is 1. The van der Waals surface area contributed by atoms with E-state index in [0.717, 1.165) is 4.90 Å². The number of hydrogen-bond donors (Lipinski definition) is 2. The predicted molar refractivity (Wildman–Crippen MR) is 62.2 cm³/mol. The molecule has 4 nitrogen and oxygen atoms in total. The van der Waals surface area contributed by atoms with E-state index in [2.05, 4.69) is 10.6 Å². The lowest BCUT2D eigenvalue weighted by Crippen LogP contribution is -2.60. The van der Waals surface area contributed by atoms with Gasteiger partial charge in [-0.1, -0.05) is 6.92 Å². The first-order valence-corrected chi connectivity index (χ1v) is 6.15. The maximum absolute atomic E-state index is 12.4. The normalized spacial score (nSPS) is 24.9. The summed E-state index contributed by atoms with van der Waals surface area (Å²) in [7, 11) is 0. The summed E-state index contributed by atoms with van der Waals surface area (Å²) < 4.78 is 37.2. The van der Waals surface area contributed by atoms with Crippen molar-refractivity contribution >= 4 is 5.91 Å². The molecule has 0 spiro atoms. The molecule has 2 atom stereocenters. The molecular formula is C11H20F3N3O. The minimum Gasteiger partial charge on any atom is -0.332 e. The zero-order valence-corrected chi connectivity index (χ0v) is 10.7. The van der Waals surface area contributed by atoms with Crippen LogP contribution >= 0.6 is 0 Å². The Bertz CT molecular complexity index is 275. The van der Waals surface area contributed by atoms with Gasteiger partial charge in [0.2, 0.25) is 5.91 Å². The van der Waals surface area contributed by atoms with Crippen LogP contribution in [-0.2, 0) is 4.79 Å². The lowest BCUT2D eigenvalue weighted by Gasteiger charge is -2.33. The smallest absolute Gasteiger partial charge is 0.332 e. The van der Waals surface area contributed by atoms with Gasteiger partial charge in [-0.15, -0.1) is 0 Å². The summed E-state index contributed by atoms with van der Waals surface area (Å²) in [5, 5.41) is 6.05. The van der Waals surface area contributed by atoms with E-state index in [1.165, 1.54) is 0 Å². The second-order valence-electron chi connectivity index (χ2n) is 4.65. The summed E-state index contributed by atoms with van der Waals surface area (Å²) in [6, 6.07) is -0.327. The summed E-state index contributed by atoms with van der Waals surface area (Å²) in [5.41, 5.74) is 0. The molecule has 1 heterocycles. The minimum absolute atomic E-state index is 0.131. The molecule has 0 aromatic rings. The Morgan fingerprint density at radius 2 is 2.00 bits per heavy atom. The van der Waals surface area contributed by atoms with Crippen LogP contribution in [0.1, 0.15) is 20.3 Å². The van der Waals surface area contributed by atoms with Crippen LogP contribution in [0, 0.1) is 0 Å². The number of amides is 1. The van der Waals surface area contributed by atoms with Crippen LogP contribution in [0.5, 0.6) is 0 Å². The van der Waals surface area contributed by atoms with Gasteiger partial charge in [0.15, 0.2) is 0 Å². The second-order valence-corrected chi connectivity index (χ2v) is 4.65. The Kier molecular flexibility index (Phi) is 5.40. The molecule has 7 heteroatoms. The average Bonchev–Trinajstić information content (AvgIpc) is 2.27. The maximum atomic E-state index is 12.4. The molecule has 2 N–H and O–H groups in total. The van der Waals surface area contributed by atoms with Crippen LogP contribution in [-0.4, -0.2) is 55.2 Å². The monoisotopic (exact) mass is 267 g/mol. The fraction of sp³-hybridized carbons (Fsp3) is 0.909. The summed E-state index contributed by atoms with van der Waals surface area (Å²) in [4.78, 5) is 12.9. The van der Waals surface area contributed by atoms with E-state index in [9.17, 15) is 18.0 Å². The maximum Gasteiger partial charge on any atom is 0.406 e. The van der Waals surface area contributed by atoms with Gasteiger partial charge in [-0.2, -0.15) is 13.2 Å². The third kappa shape index (κ3) is 4.81. The molecule has 1 fully saturated rings. The molecular weight excluding hydrogens is 247 g/mol. The first-order chi connectivity index (χ1) is 8.33. The fourth-order valence-corrected chi connectivity index (χ4v) is 1.93. The van der Waals surface area contributed by atoms with Crippen molar-refractivity contribution in [2.24, 2.45) is 0 Å². The first-order valence-electron chi connectivity index (χ1n) is 6.15. The standard InChI is InChI=1S/C11H20F3N3O/c1-3-4-17(7-11(12,13)14)10(18)9-6-15-8(2)5-16-9/h8-9,15-16H,3-7H2,1-2H3. The van der Waals surface area contributed by atoms with Gasteiger partial charge in [0, 0.05) is 25.7 Å². The molecule has 0 aromatic carbocycles. The minimum atomic E-state index is -4.35. The molecule has 1 amide bonds. The highest BCUT2D eigenvalue weighted by molar-refractivity contribution is 5.82. The van der Waals surface area contributed by atoms with Crippen molar-refractivity contribution < 1.29 is 18.0 Å². The van der Waals surface area contributed by atoms with Crippen LogP contribution in [0.25, 0.3) is 0 Å². The Morgan fingerprint density at radius 1 is 1.33 bits per heavy atom. The molecule has 1 aliphatic rings. The van der Waals surface area contributed by atoms with Crippen LogP contribution in [0.4, 0.5) is 13.2 Å². The number of nitrogens with one attached hydrogen (secondary N) is 2. The molecule has 0 aliphatic carbocycles. The van der Waals surface area contributed by atoms with Gasteiger partial charge in [0.05, 0.1) is 6.04 Å². The Morgan fingerprint density at radius 3 is 2.44 bits per heavy atom. The number of carbonyl (C=O) groups is 1. The summed E-state index contributed by atoms with van der Waals surface area (Å²) in [5.74, 6) is -0.478. The predicted octanol–water partition coefficient (Wildman–Crippen LogP) is 0.737. The SMILES string of the molecule is CCCN(CC(F)(F)F)C(=O)C1CNC(C)CN1. The van der Waals surface area contributed by atoms with Crippen molar-refractivity contribution in [3.05, 3.63) is 0 Å². The highest BCUT2D eigenvalue weighted by Crippen LogP contribution is 2.17. The largest absolute Gasteiger partial charge is 0.406 e. The van der Waals surface area contributed by atoms with E-state index in [1.807, 2.05) is 6.92 Å². The number of halogens is 3.